The van der Waals surface area contributed by atoms with E-state index in [0.29, 0.717) is 12.2 Å². The summed E-state index contributed by atoms with van der Waals surface area (Å²) in [5.41, 5.74) is 6.31. The Balaban J connectivity index is 0.00000400. The molecule has 0 spiro atoms. The molecular formula is C13H19Cl3N2O3. The fraction of sp³-hybridized carbons (Fsp3) is 0.538. The van der Waals surface area contributed by atoms with E-state index in [1.54, 1.807) is 12.1 Å². The highest BCUT2D eigenvalue weighted by atomic mass is 35.5. The van der Waals surface area contributed by atoms with Gasteiger partial charge in [-0.15, -0.1) is 12.4 Å². The molecule has 1 heterocycles. The molecule has 0 fully saturated rings. The van der Waals surface area contributed by atoms with Crippen LogP contribution in [0, 0.1) is 0 Å². The number of halogens is 3. The number of nitrogens with two attached hydrogens (primary N) is 1. The van der Waals surface area contributed by atoms with Crippen molar-refractivity contribution >= 4 is 41.6 Å². The molecular weight excluding hydrogens is 339 g/mol. The lowest BCUT2D eigenvalue weighted by Crippen LogP contribution is -2.36. The molecule has 0 aliphatic rings. The van der Waals surface area contributed by atoms with Crippen molar-refractivity contribution in [3.05, 3.63) is 28.0 Å². The molecule has 1 aromatic rings. The third-order valence-corrected chi connectivity index (χ3v) is 2.83. The Labute approximate surface area is 140 Å². The van der Waals surface area contributed by atoms with E-state index in [1.807, 2.05) is 0 Å². The van der Waals surface area contributed by atoms with E-state index in [9.17, 15) is 4.79 Å². The molecule has 0 bridgehead atoms. The number of hydrogen-bond acceptors (Lipinski definition) is 5. The van der Waals surface area contributed by atoms with Crippen LogP contribution in [0.15, 0.2) is 12.1 Å². The first-order chi connectivity index (χ1) is 9.52. The van der Waals surface area contributed by atoms with Crippen molar-refractivity contribution in [1.29, 1.82) is 0 Å². The largest absolute Gasteiger partial charge is 0.460 e. The van der Waals surface area contributed by atoms with Crippen LogP contribution in [-0.4, -0.2) is 30.2 Å². The molecule has 0 saturated heterocycles. The van der Waals surface area contributed by atoms with Crippen molar-refractivity contribution in [3.63, 3.8) is 0 Å². The van der Waals surface area contributed by atoms with Crippen molar-refractivity contribution < 1.29 is 14.3 Å². The second kappa shape index (κ2) is 11.0. The molecule has 0 radical (unpaired) electrons. The van der Waals surface area contributed by atoms with Crippen LogP contribution in [0.25, 0.3) is 0 Å². The number of nitrogens with zero attached hydrogens (tertiary/aromatic N) is 1. The van der Waals surface area contributed by atoms with Crippen LogP contribution in [0.4, 0.5) is 0 Å². The van der Waals surface area contributed by atoms with Gasteiger partial charge in [-0.3, -0.25) is 4.79 Å². The van der Waals surface area contributed by atoms with Gasteiger partial charge in [0, 0.05) is 6.61 Å². The van der Waals surface area contributed by atoms with E-state index in [0.717, 1.165) is 12.8 Å². The van der Waals surface area contributed by atoms with Gasteiger partial charge in [0.1, 0.15) is 23.0 Å². The molecule has 1 atom stereocenters. The highest BCUT2D eigenvalue weighted by Crippen LogP contribution is 2.15. The zero-order valence-corrected chi connectivity index (χ0v) is 14.0. The van der Waals surface area contributed by atoms with Crippen molar-refractivity contribution in [1.82, 2.24) is 4.98 Å². The van der Waals surface area contributed by atoms with Crippen LogP contribution in [0.3, 0.4) is 0 Å². The Kier molecular flexibility index (Phi) is 10.7. The highest BCUT2D eigenvalue weighted by molar-refractivity contribution is 6.32. The van der Waals surface area contributed by atoms with Crippen LogP contribution in [0.1, 0.15) is 25.3 Å². The van der Waals surface area contributed by atoms with Gasteiger partial charge in [0.05, 0.1) is 6.61 Å². The first-order valence-corrected chi connectivity index (χ1v) is 7.10. The standard InChI is InChI=1S/C13H18Cl2N2O3.ClH/c1-2-3-4-19-8-10(16)13(18)20-7-9-5-11(14)17-12(15)6-9;/h5-6,10H,2-4,7-8,16H2,1H3;1H/t10-;/m0./s1. The Morgan fingerprint density at radius 3 is 2.57 bits per heavy atom. The number of aromatic nitrogens is 1. The quantitative estimate of drug-likeness (QED) is 0.440. The van der Waals surface area contributed by atoms with Crippen molar-refractivity contribution in [2.45, 2.75) is 32.4 Å². The summed E-state index contributed by atoms with van der Waals surface area (Å²) >= 11 is 11.5. The fourth-order valence-electron chi connectivity index (χ4n) is 1.38. The third-order valence-electron chi connectivity index (χ3n) is 2.45. The van der Waals surface area contributed by atoms with E-state index in [-0.39, 0.29) is 35.9 Å². The van der Waals surface area contributed by atoms with Gasteiger partial charge in [0.15, 0.2) is 0 Å². The molecule has 8 heteroatoms. The summed E-state index contributed by atoms with van der Waals surface area (Å²) < 4.78 is 10.3. The molecule has 1 aromatic heterocycles. The van der Waals surface area contributed by atoms with E-state index in [4.69, 9.17) is 38.4 Å². The summed E-state index contributed by atoms with van der Waals surface area (Å²) in [5, 5.41) is 0.492. The molecule has 0 aliphatic carbocycles. The first-order valence-electron chi connectivity index (χ1n) is 6.35. The smallest absolute Gasteiger partial charge is 0.325 e. The molecule has 21 heavy (non-hydrogen) atoms. The molecule has 5 nitrogen and oxygen atoms in total. The van der Waals surface area contributed by atoms with Crippen molar-refractivity contribution in [2.24, 2.45) is 5.73 Å². The Morgan fingerprint density at radius 2 is 2.00 bits per heavy atom. The van der Waals surface area contributed by atoms with Gasteiger partial charge in [-0.25, -0.2) is 4.98 Å². The second-order valence-corrected chi connectivity index (χ2v) is 5.04. The number of pyridine rings is 1. The van der Waals surface area contributed by atoms with Gasteiger partial charge >= 0.3 is 5.97 Å². The molecule has 0 saturated carbocycles. The SMILES string of the molecule is CCCCOC[C@H](N)C(=O)OCc1cc(Cl)nc(Cl)c1.Cl. The number of carbonyl (C=O) groups is 1. The van der Waals surface area contributed by atoms with Gasteiger partial charge in [-0.2, -0.15) is 0 Å². The number of hydrogen-bond donors (Lipinski definition) is 1. The van der Waals surface area contributed by atoms with Gasteiger partial charge in [0.25, 0.3) is 0 Å². The van der Waals surface area contributed by atoms with Crippen LogP contribution in [-0.2, 0) is 20.9 Å². The molecule has 0 aromatic carbocycles. The maximum atomic E-state index is 11.6. The topological polar surface area (TPSA) is 74.4 Å². The maximum Gasteiger partial charge on any atom is 0.325 e. The van der Waals surface area contributed by atoms with Crippen LogP contribution in [0.2, 0.25) is 10.3 Å². The van der Waals surface area contributed by atoms with Gasteiger partial charge in [-0.05, 0) is 24.1 Å². The van der Waals surface area contributed by atoms with E-state index in [1.165, 1.54) is 0 Å². The highest BCUT2D eigenvalue weighted by Gasteiger charge is 2.15. The average Bonchev–Trinajstić information content (AvgIpc) is 2.39. The predicted molar refractivity (Wildman–Crippen MR) is 85.0 cm³/mol. The minimum absolute atomic E-state index is 0. The van der Waals surface area contributed by atoms with E-state index >= 15 is 0 Å². The Hall–Kier alpha value is -0.590. The minimum Gasteiger partial charge on any atom is -0.460 e. The van der Waals surface area contributed by atoms with Gasteiger partial charge < -0.3 is 15.2 Å². The molecule has 0 aliphatic heterocycles. The average molecular weight is 358 g/mol. The fourth-order valence-corrected chi connectivity index (χ4v) is 1.89. The summed E-state index contributed by atoms with van der Waals surface area (Å²) in [6.07, 6.45) is 1.97. The molecule has 0 amide bonds. The number of ether oxygens (including phenoxy) is 2. The zero-order chi connectivity index (χ0) is 15.0. The maximum absolute atomic E-state index is 11.6. The molecule has 0 unspecified atom stereocenters. The molecule has 1 rings (SSSR count). The number of carbonyl (C=O) groups excluding carboxylic acids is 1. The summed E-state index contributed by atoms with van der Waals surface area (Å²) in [4.78, 5) is 15.4. The minimum atomic E-state index is -0.792. The van der Waals surface area contributed by atoms with Crippen LogP contribution in [0.5, 0.6) is 0 Å². The van der Waals surface area contributed by atoms with E-state index < -0.39 is 12.0 Å². The van der Waals surface area contributed by atoms with Gasteiger partial charge in [-0.1, -0.05) is 36.5 Å². The number of unbranched alkanes of at least 4 members (excludes halogenated alkanes) is 1. The van der Waals surface area contributed by atoms with E-state index in [2.05, 4.69) is 11.9 Å². The van der Waals surface area contributed by atoms with Crippen molar-refractivity contribution in [2.75, 3.05) is 13.2 Å². The third kappa shape index (κ3) is 8.44. The first kappa shape index (κ1) is 20.4. The Bertz CT molecular complexity index is 426. The summed E-state index contributed by atoms with van der Waals surface area (Å²) in [6.45, 7) is 2.84. The number of esters is 1. The molecule has 120 valence electrons. The monoisotopic (exact) mass is 356 g/mol. The summed E-state index contributed by atoms with van der Waals surface area (Å²) in [7, 11) is 0. The Morgan fingerprint density at radius 1 is 1.38 bits per heavy atom. The normalized spacial score (nSPS) is 11.6. The van der Waals surface area contributed by atoms with Crippen LogP contribution >= 0.6 is 35.6 Å². The predicted octanol–water partition coefficient (Wildman–Crippen LogP) is 3.00. The molecule has 2 N–H and O–H groups in total. The summed E-state index contributed by atoms with van der Waals surface area (Å²) in [5.74, 6) is -0.523. The lowest BCUT2D eigenvalue weighted by Gasteiger charge is -2.12. The van der Waals surface area contributed by atoms with Crippen molar-refractivity contribution in [3.8, 4) is 0 Å². The zero-order valence-electron chi connectivity index (χ0n) is 11.7. The number of rotatable bonds is 8. The van der Waals surface area contributed by atoms with Crippen LogP contribution < -0.4 is 5.73 Å². The van der Waals surface area contributed by atoms with Gasteiger partial charge in [0.2, 0.25) is 0 Å². The summed E-state index contributed by atoms with van der Waals surface area (Å²) in [6, 6.07) is 2.35. The lowest BCUT2D eigenvalue weighted by atomic mass is 10.3. The lowest BCUT2D eigenvalue weighted by molar-refractivity contribution is -0.148. The second-order valence-electron chi connectivity index (χ2n) is 4.26.